The van der Waals surface area contributed by atoms with Gasteiger partial charge in [-0.25, -0.2) is 14.0 Å². The molecule has 11 heteroatoms. The van der Waals surface area contributed by atoms with Crippen LogP contribution in [-0.4, -0.2) is 43.7 Å². The SMILES string of the molecule is CCCCCCCCCCCCCCCCCCCCCCCCC(C(=O)OC)[C@@H](CCCCCCCCCCCCCCS(=O)(=O)N1NN=N[C@H]1c1ccccc1)OC(C)=O. The fourth-order valence-corrected chi connectivity index (χ4v) is 10.3. The Morgan fingerprint density at radius 2 is 0.984 bits per heavy atom. The highest BCUT2D eigenvalue weighted by molar-refractivity contribution is 7.89. The molecule has 0 aromatic heterocycles. The highest BCUT2D eigenvalue weighted by atomic mass is 32.2. The molecule has 1 aliphatic rings. The average molecular weight is 889 g/mol. The number of ether oxygens (including phenoxy) is 2. The zero-order chi connectivity index (χ0) is 44.8. The molecule has 2 rings (SSSR count). The zero-order valence-electron chi connectivity index (χ0n) is 40.0. The lowest BCUT2D eigenvalue weighted by molar-refractivity contribution is -0.160. The molecular formula is C51H92N4O6S. The Kier molecular flexibility index (Phi) is 33.9. The largest absolute Gasteiger partial charge is 0.469 e. The summed E-state index contributed by atoms with van der Waals surface area (Å²) < 4.78 is 37.9. The minimum Gasteiger partial charge on any atom is -0.469 e. The monoisotopic (exact) mass is 889 g/mol. The maximum atomic E-state index is 12.9. The molecule has 0 spiro atoms. The number of esters is 2. The summed E-state index contributed by atoms with van der Waals surface area (Å²) in [6.45, 7) is 3.73. The summed E-state index contributed by atoms with van der Waals surface area (Å²) >= 11 is 0. The topological polar surface area (TPSA) is 127 Å². The molecule has 1 aromatic carbocycles. The number of carbonyl (C=O) groups excluding carboxylic acids is 2. The number of methoxy groups -OCH3 is 1. The van der Waals surface area contributed by atoms with Crippen LogP contribution in [0.3, 0.4) is 0 Å². The van der Waals surface area contributed by atoms with Crippen LogP contribution in [0, 0.1) is 5.92 Å². The normalized spacial score (nSPS) is 15.1. The van der Waals surface area contributed by atoms with Crippen molar-refractivity contribution in [3.8, 4) is 0 Å². The number of carbonyl (C=O) groups is 2. The number of hydrogen-bond donors (Lipinski definition) is 1. The Hall–Kier alpha value is -2.53. The molecule has 10 nitrogen and oxygen atoms in total. The third-order valence-electron chi connectivity index (χ3n) is 12.7. The molecule has 3 atom stereocenters. The van der Waals surface area contributed by atoms with E-state index in [4.69, 9.17) is 9.47 Å². The van der Waals surface area contributed by atoms with Crippen molar-refractivity contribution >= 4 is 22.0 Å². The quantitative estimate of drug-likeness (QED) is 0.0511. The van der Waals surface area contributed by atoms with Gasteiger partial charge in [0.1, 0.15) is 6.10 Å². The van der Waals surface area contributed by atoms with Gasteiger partial charge in [0.25, 0.3) is 0 Å². The summed E-state index contributed by atoms with van der Waals surface area (Å²) in [6.07, 6.45) is 42.9. The fraction of sp³-hybridized carbons (Fsp3) is 0.843. The number of benzene rings is 1. The molecule has 0 radical (unpaired) electrons. The van der Waals surface area contributed by atoms with Crippen molar-refractivity contribution in [2.45, 2.75) is 257 Å². The van der Waals surface area contributed by atoms with E-state index in [1.807, 2.05) is 30.3 Å². The van der Waals surface area contributed by atoms with E-state index in [1.165, 1.54) is 179 Å². The van der Waals surface area contributed by atoms with E-state index in [9.17, 15) is 18.0 Å². The molecule has 1 N–H and O–H groups in total. The minimum absolute atomic E-state index is 0.0824. The summed E-state index contributed by atoms with van der Waals surface area (Å²) in [5, 5.41) is 7.83. The van der Waals surface area contributed by atoms with E-state index in [0.717, 1.165) is 56.9 Å². The van der Waals surface area contributed by atoms with Crippen molar-refractivity contribution in [3.63, 3.8) is 0 Å². The number of unbranched alkanes of at least 4 members (excludes halogenated alkanes) is 32. The molecule has 0 saturated carbocycles. The first-order valence-electron chi connectivity index (χ1n) is 25.8. The van der Waals surface area contributed by atoms with Gasteiger partial charge in [0.05, 0.1) is 18.8 Å². The Morgan fingerprint density at radius 1 is 0.597 bits per heavy atom. The van der Waals surface area contributed by atoms with Gasteiger partial charge in [-0.3, -0.25) is 9.59 Å². The number of nitrogens with zero attached hydrogens (tertiary/aromatic N) is 3. The van der Waals surface area contributed by atoms with Crippen LogP contribution < -0.4 is 5.53 Å². The van der Waals surface area contributed by atoms with E-state index >= 15 is 0 Å². The molecule has 1 aromatic rings. The first-order valence-corrected chi connectivity index (χ1v) is 27.4. The lowest BCUT2D eigenvalue weighted by atomic mass is 9.91. The number of hydrazine groups is 1. The van der Waals surface area contributed by atoms with Crippen molar-refractivity contribution in [1.29, 1.82) is 0 Å². The molecule has 1 unspecified atom stereocenters. The van der Waals surface area contributed by atoms with Gasteiger partial charge in [-0.1, -0.05) is 252 Å². The van der Waals surface area contributed by atoms with E-state index in [2.05, 4.69) is 22.8 Å². The molecule has 1 aliphatic heterocycles. The van der Waals surface area contributed by atoms with Gasteiger partial charge in [-0.05, 0) is 31.2 Å². The highest BCUT2D eigenvalue weighted by Gasteiger charge is 2.35. The minimum atomic E-state index is -3.52. The summed E-state index contributed by atoms with van der Waals surface area (Å²) in [7, 11) is -2.08. The van der Waals surface area contributed by atoms with Crippen molar-refractivity contribution < 1.29 is 27.5 Å². The van der Waals surface area contributed by atoms with E-state index in [0.29, 0.717) is 19.3 Å². The number of rotatable bonds is 43. The number of nitrogens with one attached hydrogen (secondary N) is 1. The molecule has 0 bridgehead atoms. The maximum absolute atomic E-state index is 12.9. The highest BCUT2D eigenvalue weighted by Crippen LogP contribution is 2.28. The van der Waals surface area contributed by atoms with E-state index in [-0.39, 0.29) is 23.6 Å². The maximum Gasteiger partial charge on any atom is 0.312 e. The van der Waals surface area contributed by atoms with Crippen molar-refractivity contribution in [1.82, 2.24) is 9.95 Å². The van der Waals surface area contributed by atoms with Crippen molar-refractivity contribution in [3.05, 3.63) is 35.9 Å². The molecule has 62 heavy (non-hydrogen) atoms. The first kappa shape index (κ1) is 55.6. The van der Waals surface area contributed by atoms with Gasteiger partial charge < -0.3 is 9.47 Å². The Labute approximate surface area is 380 Å². The smallest absolute Gasteiger partial charge is 0.312 e. The van der Waals surface area contributed by atoms with Crippen molar-refractivity contribution in [2.24, 2.45) is 16.3 Å². The summed E-state index contributed by atoms with van der Waals surface area (Å²) in [4.78, 5) is 24.8. The van der Waals surface area contributed by atoms with Crippen LogP contribution in [-0.2, 0) is 29.1 Å². The summed E-state index contributed by atoms with van der Waals surface area (Å²) in [5.41, 5.74) is 3.35. The molecule has 0 saturated heterocycles. The Morgan fingerprint density at radius 3 is 1.39 bits per heavy atom. The molecular weight excluding hydrogens is 797 g/mol. The van der Waals surface area contributed by atoms with Gasteiger partial charge in [-0.2, -0.15) is 0 Å². The van der Waals surface area contributed by atoms with Crippen LogP contribution in [0.2, 0.25) is 0 Å². The molecule has 0 aliphatic carbocycles. The third-order valence-corrected chi connectivity index (χ3v) is 14.4. The third kappa shape index (κ3) is 27.6. The van der Waals surface area contributed by atoms with Crippen LogP contribution in [0.25, 0.3) is 0 Å². The van der Waals surface area contributed by atoms with Crippen molar-refractivity contribution in [2.75, 3.05) is 12.9 Å². The summed E-state index contributed by atoms with van der Waals surface area (Å²) in [5.74, 6) is -0.890. The second kappa shape index (κ2) is 37.8. The van der Waals surface area contributed by atoms with Crippen LogP contribution in [0.4, 0.5) is 0 Å². The lowest BCUT2D eigenvalue weighted by Crippen LogP contribution is -2.39. The van der Waals surface area contributed by atoms with Gasteiger partial charge in [-0.15, -0.1) is 5.11 Å². The average Bonchev–Trinajstić information content (AvgIpc) is 3.78. The number of hydrogen-bond acceptors (Lipinski definition) is 9. The van der Waals surface area contributed by atoms with Crippen LogP contribution >= 0.6 is 0 Å². The van der Waals surface area contributed by atoms with E-state index < -0.39 is 22.3 Å². The molecule has 0 amide bonds. The predicted molar refractivity (Wildman–Crippen MR) is 256 cm³/mol. The molecule has 1 heterocycles. The fourth-order valence-electron chi connectivity index (χ4n) is 8.90. The number of sulfonamides is 1. The van der Waals surface area contributed by atoms with E-state index in [1.54, 1.807) is 0 Å². The van der Waals surface area contributed by atoms with Crippen LogP contribution in [0.15, 0.2) is 40.7 Å². The molecule has 0 fully saturated rings. The van der Waals surface area contributed by atoms with Gasteiger partial charge in [0.15, 0.2) is 6.17 Å². The second-order valence-corrected chi connectivity index (χ2v) is 20.2. The lowest BCUT2D eigenvalue weighted by Gasteiger charge is -2.25. The van der Waals surface area contributed by atoms with Gasteiger partial charge >= 0.3 is 11.9 Å². The Balaban J connectivity index is 1.43. The van der Waals surface area contributed by atoms with Crippen LogP contribution in [0.5, 0.6) is 0 Å². The van der Waals surface area contributed by atoms with Gasteiger partial charge in [0.2, 0.25) is 10.0 Å². The zero-order valence-corrected chi connectivity index (χ0v) is 40.8. The Bertz CT molecular complexity index is 1360. The first-order chi connectivity index (χ1) is 30.3. The molecule has 358 valence electrons. The van der Waals surface area contributed by atoms with Crippen LogP contribution in [0.1, 0.15) is 257 Å². The second-order valence-electron chi connectivity index (χ2n) is 18.2. The standard InChI is InChI=1S/C51H92N4O6S/c1-4-5-6-7-8-9-10-11-12-13-14-15-16-17-18-19-20-23-26-29-32-38-43-48(51(57)60-3)49(61-46(2)56)44-39-33-30-27-24-21-22-25-28-31-34-40-45-62(58,59)55-50(52-53-54-55)47-41-36-35-37-42-47/h35-37,41-42,48-50H,4-34,38-40,43-45H2,1-3H3,(H,52,54)/t48?,49-,50-/m1/s1. The predicted octanol–water partition coefficient (Wildman–Crippen LogP) is 15.0. The van der Waals surface area contributed by atoms with Gasteiger partial charge in [0, 0.05) is 6.92 Å². The summed E-state index contributed by atoms with van der Waals surface area (Å²) in [6, 6.07) is 9.34.